The first-order chi connectivity index (χ1) is 8.38. The largest absolute Gasteiger partial charge is 0.311 e. The van der Waals surface area contributed by atoms with Crippen molar-refractivity contribution in [1.82, 2.24) is 10.2 Å². The number of rotatable bonds is 4. The maximum Gasteiger partial charge on any atom is 0.00853 e. The highest BCUT2D eigenvalue weighted by atomic mass is 32.2. The topological polar surface area (TPSA) is 15.3 Å². The van der Waals surface area contributed by atoms with Crippen LogP contribution in [0.2, 0.25) is 0 Å². The van der Waals surface area contributed by atoms with E-state index in [9.17, 15) is 0 Å². The Hall–Kier alpha value is 0.270. The third kappa shape index (κ3) is 4.80. The van der Waals surface area contributed by atoms with E-state index in [4.69, 9.17) is 0 Å². The lowest BCUT2D eigenvalue weighted by molar-refractivity contribution is 0.280. The summed E-state index contributed by atoms with van der Waals surface area (Å²) >= 11 is 2.12. The van der Waals surface area contributed by atoms with Crippen molar-refractivity contribution in [3.63, 3.8) is 0 Å². The van der Waals surface area contributed by atoms with Gasteiger partial charge in [0.15, 0.2) is 0 Å². The maximum atomic E-state index is 3.92. The summed E-state index contributed by atoms with van der Waals surface area (Å²) in [5, 5.41) is 3.92. The van der Waals surface area contributed by atoms with Crippen molar-refractivity contribution in [2.24, 2.45) is 0 Å². The van der Waals surface area contributed by atoms with Crippen molar-refractivity contribution < 1.29 is 0 Å². The first-order valence-electron chi connectivity index (χ1n) is 7.44. The third-order valence-corrected chi connectivity index (χ3v) is 5.10. The van der Waals surface area contributed by atoms with Gasteiger partial charge in [-0.1, -0.05) is 6.92 Å². The average Bonchev–Trinajstić information content (AvgIpc) is 2.57. The fraction of sp³-hybridized carbons (Fsp3) is 1.00. The molecule has 2 heterocycles. The predicted octanol–water partition coefficient (Wildman–Crippen LogP) is 2.74. The standard InChI is InChI=1S/C14H28N2S/c1-2-8-16-9-3-4-13(5-10-16)15-14-6-11-17-12-7-14/h13-15H,2-12H2,1H3. The van der Waals surface area contributed by atoms with E-state index in [2.05, 4.69) is 28.9 Å². The zero-order chi connectivity index (χ0) is 11.9. The van der Waals surface area contributed by atoms with Gasteiger partial charge in [0.25, 0.3) is 0 Å². The van der Waals surface area contributed by atoms with Crippen LogP contribution in [0.5, 0.6) is 0 Å². The number of nitrogens with zero attached hydrogens (tertiary/aromatic N) is 1. The van der Waals surface area contributed by atoms with Crippen molar-refractivity contribution in [2.75, 3.05) is 31.1 Å². The Kier molecular flexibility index (Phi) is 6.16. The minimum atomic E-state index is 0.796. The van der Waals surface area contributed by atoms with Crippen LogP contribution in [0.4, 0.5) is 0 Å². The van der Waals surface area contributed by atoms with E-state index in [-0.39, 0.29) is 0 Å². The maximum absolute atomic E-state index is 3.92. The molecular weight excluding hydrogens is 228 g/mol. The Balaban J connectivity index is 1.70. The molecule has 0 aromatic carbocycles. The number of likely N-dealkylation sites (tertiary alicyclic amines) is 1. The highest BCUT2D eigenvalue weighted by Gasteiger charge is 2.20. The van der Waals surface area contributed by atoms with Crippen LogP contribution in [0.15, 0.2) is 0 Å². The number of hydrogen-bond donors (Lipinski definition) is 1. The van der Waals surface area contributed by atoms with E-state index in [1.807, 2.05) is 0 Å². The van der Waals surface area contributed by atoms with Crippen molar-refractivity contribution in [3.05, 3.63) is 0 Å². The van der Waals surface area contributed by atoms with Crippen LogP contribution >= 0.6 is 11.8 Å². The number of thioether (sulfide) groups is 1. The fourth-order valence-electron chi connectivity index (χ4n) is 3.06. The summed E-state index contributed by atoms with van der Waals surface area (Å²) in [6.07, 6.45) is 8.23. The SMILES string of the molecule is CCCN1CCCC(NC2CCSCC2)CC1. The number of hydrogen-bond acceptors (Lipinski definition) is 3. The summed E-state index contributed by atoms with van der Waals surface area (Å²) < 4.78 is 0. The van der Waals surface area contributed by atoms with Crippen LogP contribution in [-0.4, -0.2) is 48.1 Å². The Morgan fingerprint density at radius 2 is 1.82 bits per heavy atom. The first-order valence-corrected chi connectivity index (χ1v) is 8.60. The van der Waals surface area contributed by atoms with Crippen LogP contribution in [-0.2, 0) is 0 Å². The molecule has 0 aromatic heterocycles. The molecule has 3 heteroatoms. The van der Waals surface area contributed by atoms with E-state index in [1.54, 1.807) is 0 Å². The van der Waals surface area contributed by atoms with Crippen molar-refractivity contribution >= 4 is 11.8 Å². The molecule has 2 saturated heterocycles. The molecule has 2 fully saturated rings. The minimum absolute atomic E-state index is 0.796. The Morgan fingerprint density at radius 1 is 1.06 bits per heavy atom. The first kappa shape index (κ1) is 13.7. The minimum Gasteiger partial charge on any atom is -0.311 e. The molecule has 0 bridgehead atoms. The molecule has 2 aliphatic heterocycles. The van der Waals surface area contributed by atoms with Gasteiger partial charge in [-0.2, -0.15) is 11.8 Å². The molecule has 2 rings (SSSR count). The van der Waals surface area contributed by atoms with Gasteiger partial charge in [-0.25, -0.2) is 0 Å². The normalized spacial score (nSPS) is 29.1. The van der Waals surface area contributed by atoms with E-state index >= 15 is 0 Å². The van der Waals surface area contributed by atoms with Gasteiger partial charge in [-0.15, -0.1) is 0 Å². The van der Waals surface area contributed by atoms with Crippen LogP contribution < -0.4 is 5.32 Å². The number of nitrogens with one attached hydrogen (secondary N) is 1. The van der Waals surface area contributed by atoms with Crippen LogP contribution in [0, 0.1) is 0 Å². The molecular formula is C14H28N2S. The lowest BCUT2D eigenvalue weighted by Gasteiger charge is -2.28. The highest BCUT2D eigenvalue weighted by molar-refractivity contribution is 7.99. The zero-order valence-electron chi connectivity index (χ0n) is 11.3. The van der Waals surface area contributed by atoms with E-state index in [0.29, 0.717) is 0 Å². The summed E-state index contributed by atoms with van der Waals surface area (Å²) in [7, 11) is 0. The molecule has 0 saturated carbocycles. The Morgan fingerprint density at radius 3 is 2.59 bits per heavy atom. The summed E-state index contributed by atoms with van der Waals surface area (Å²) in [6, 6.07) is 1.61. The van der Waals surface area contributed by atoms with Crippen molar-refractivity contribution in [1.29, 1.82) is 0 Å². The monoisotopic (exact) mass is 256 g/mol. The van der Waals surface area contributed by atoms with Crippen LogP contribution in [0.1, 0.15) is 45.4 Å². The Bertz CT molecular complexity index is 204. The smallest absolute Gasteiger partial charge is 0.00853 e. The Labute approximate surface area is 111 Å². The van der Waals surface area contributed by atoms with Gasteiger partial charge in [-0.05, 0) is 69.7 Å². The van der Waals surface area contributed by atoms with Gasteiger partial charge in [-0.3, -0.25) is 0 Å². The van der Waals surface area contributed by atoms with E-state index < -0.39 is 0 Å². The molecule has 0 spiro atoms. The van der Waals surface area contributed by atoms with Gasteiger partial charge in [0, 0.05) is 12.1 Å². The van der Waals surface area contributed by atoms with E-state index in [1.165, 1.54) is 69.7 Å². The van der Waals surface area contributed by atoms with E-state index in [0.717, 1.165) is 12.1 Å². The molecule has 0 radical (unpaired) electrons. The second-order valence-electron chi connectivity index (χ2n) is 5.52. The summed E-state index contributed by atoms with van der Waals surface area (Å²) in [4.78, 5) is 2.65. The lowest BCUT2D eigenvalue weighted by atomic mass is 10.1. The van der Waals surface area contributed by atoms with Crippen LogP contribution in [0.25, 0.3) is 0 Å². The quantitative estimate of drug-likeness (QED) is 0.832. The third-order valence-electron chi connectivity index (χ3n) is 4.05. The average molecular weight is 256 g/mol. The van der Waals surface area contributed by atoms with Crippen molar-refractivity contribution in [2.45, 2.75) is 57.5 Å². The molecule has 1 N–H and O–H groups in total. The highest BCUT2D eigenvalue weighted by Crippen LogP contribution is 2.19. The van der Waals surface area contributed by atoms with Gasteiger partial charge >= 0.3 is 0 Å². The molecule has 2 aliphatic rings. The van der Waals surface area contributed by atoms with Gasteiger partial charge in [0.05, 0.1) is 0 Å². The molecule has 100 valence electrons. The summed E-state index contributed by atoms with van der Waals surface area (Å²) in [6.45, 7) is 6.23. The van der Waals surface area contributed by atoms with Gasteiger partial charge in [0.2, 0.25) is 0 Å². The van der Waals surface area contributed by atoms with Crippen molar-refractivity contribution in [3.8, 4) is 0 Å². The summed E-state index contributed by atoms with van der Waals surface area (Å²) in [5.41, 5.74) is 0. The molecule has 0 amide bonds. The second kappa shape index (κ2) is 7.65. The van der Waals surface area contributed by atoms with Gasteiger partial charge < -0.3 is 10.2 Å². The fourth-order valence-corrected chi connectivity index (χ4v) is 4.17. The summed E-state index contributed by atoms with van der Waals surface area (Å²) in [5.74, 6) is 2.73. The van der Waals surface area contributed by atoms with Crippen LogP contribution in [0.3, 0.4) is 0 Å². The molecule has 0 aliphatic carbocycles. The molecule has 2 nitrogen and oxygen atoms in total. The van der Waals surface area contributed by atoms with Gasteiger partial charge in [0.1, 0.15) is 0 Å². The molecule has 1 unspecified atom stereocenters. The molecule has 17 heavy (non-hydrogen) atoms. The zero-order valence-corrected chi connectivity index (χ0v) is 12.1. The lowest BCUT2D eigenvalue weighted by Crippen LogP contribution is -2.40. The molecule has 1 atom stereocenters. The molecule has 0 aromatic rings. The second-order valence-corrected chi connectivity index (χ2v) is 6.75. The predicted molar refractivity (Wildman–Crippen MR) is 77.9 cm³/mol.